The smallest absolute Gasteiger partial charge is 0.0471 e. The van der Waals surface area contributed by atoms with Crippen LogP contribution >= 0.6 is 15.9 Å². The van der Waals surface area contributed by atoms with Crippen molar-refractivity contribution >= 4 is 15.9 Å². The summed E-state index contributed by atoms with van der Waals surface area (Å²) in [7, 11) is 0. The second kappa shape index (κ2) is 7.58. The molecule has 0 heterocycles. The van der Waals surface area contributed by atoms with Gasteiger partial charge in [-0.1, -0.05) is 58.4 Å². The van der Waals surface area contributed by atoms with Crippen molar-refractivity contribution in [3.63, 3.8) is 0 Å². The molecule has 0 aliphatic heterocycles. The SMILES string of the molecule is Cc1ccc(C(CCCc2ccccc2)NN)c(Br)c1. The Bertz CT molecular complexity index is 540. The minimum Gasteiger partial charge on any atom is -0.271 e. The predicted octanol–water partition coefficient (Wildman–Crippen LogP) is 4.28. The van der Waals surface area contributed by atoms with Gasteiger partial charge in [0.15, 0.2) is 0 Å². The number of hydrogen-bond acceptors (Lipinski definition) is 2. The Morgan fingerprint density at radius 1 is 1.15 bits per heavy atom. The highest BCUT2D eigenvalue weighted by atomic mass is 79.9. The second-order valence-electron chi connectivity index (χ2n) is 5.12. The minimum absolute atomic E-state index is 0.189. The average Bonchev–Trinajstić information content (AvgIpc) is 2.46. The van der Waals surface area contributed by atoms with Crippen LogP contribution in [0.3, 0.4) is 0 Å². The van der Waals surface area contributed by atoms with Gasteiger partial charge in [0.05, 0.1) is 0 Å². The number of halogens is 1. The second-order valence-corrected chi connectivity index (χ2v) is 5.98. The van der Waals surface area contributed by atoms with Crippen molar-refractivity contribution in [2.45, 2.75) is 32.2 Å². The standard InChI is InChI=1S/C17H21BrN2/c1-13-10-11-15(16(18)12-13)17(20-19)9-5-8-14-6-3-2-4-7-14/h2-4,6-7,10-12,17,20H,5,8-9,19H2,1H3. The summed E-state index contributed by atoms with van der Waals surface area (Å²) in [5.74, 6) is 5.72. The summed E-state index contributed by atoms with van der Waals surface area (Å²) in [5, 5.41) is 0. The van der Waals surface area contributed by atoms with Gasteiger partial charge in [-0.3, -0.25) is 11.3 Å². The fourth-order valence-electron chi connectivity index (χ4n) is 2.40. The summed E-state index contributed by atoms with van der Waals surface area (Å²) in [6.07, 6.45) is 3.22. The van der Waals surface area contributed by atoms with E-state index in [0.29, 0.717) is 0 Å². The molecule has 0 aromatic heterocycles. The lowest BCUT2D eigenvalue weighted by Gasteiger charge is -2.18. The predicted molar refractivity (Wildman–Crippen MR) is 88.3 cm³/mol. The molecule has 0 spiro atoms. The third-order valence-electron chi connectivity index (χ3n) is 3.53. The molecule has 0 amide bonds. The van der Waals surface area contributed by atoms with E-state index in [9.17, 15) is 0 Å². The molecule has 2 rings (SSSR count). The first kappa shape index (κ1) is 15.2. The third kappa shape index (κ3) is 4.17. The van der Waals surface area contributed by atoms with Gasteiger partial charge in [-0.05, 0) is 48.9 Å². The van der Waals surface area contributed by atoms with Crippen LogP contribution in [0.15, 0.2) is 53.0 Å². The van der Waals surface area contributed by atoms with Crippen molar-refractivity contribution < 1.29 is 0 Å². The summed E-state index contributed by atoms with van der Waals surface area (Å²) >= 11 is 3.63. The van der Waals surface area contributed by atoms with E-state index in [1.807, 2.05) is 0 Å². The molecule has 2 aromatic carbocycles. The summed E-state index contributed by atoms with van der Waals surface area (Å²) < 4.78 is 1.13. The molecule has 0 saturated heterocycles. The molecule has 2 aromatic rings. The highest BCUT2D eigenvalue weighted by molar-refractivity contribution is 9.10. The van der Waals surface area contributed by atoms with Gasteiger partial charge in [-0.2, -0.15) is 0 Å². The van der Waals surface area contributed by atoms with E-state index in [4.69, 9.17) is 5.84 Å². The van der Waals surface area contributed by atoms with Crippen LogP contribution in [0.1, 0.15) is 35.6 Å². The lowest BCUT2D eigenvalue weighted by atomic mass is 9.99. The quantitative estimate of drug-likeness (QED) is 0.611. The van der Waals surface area contributed by atoms with E-state index in [-0.39, 0.29) is 6.04 Å². The van der Waals surface area contributed by atoms with Crippen LogP contribution in [0, 0.1) is 6.92 Å². The minimum atomic E-state index is 0.189. The maximum atomic E-state index is 5.72. The molecule has 2 nitrogen and oxygen atoms in total. The maximum Gasteiger partial charge on any atom is 0.0471 e. The number of rotatable bonds is 6. The Morgan fingerprint density at radius 3 is 2.55 bits per heavy atom. The molecule has 0 bridgehead atoms. The summed E-state index contributed by atoms with van der Waals surface area (Å²) in [6, 6.07) is 17.2. The van der Waals surface area contributed by atoms with Crippen molar-refractivity contribution in [2.75, 3.05) is 0 Å². The van der Waals surface area contributed by atoms with Crippen LogP contribution in [0.4, 0.5) is 0 Å². The average molecular weight is 333 g/mol. The van der Waals surface area contributed by atoms with Gasteiger partial charge < -0.3 is 0 Å². The lowest BCUT2D eigenvalue weighted by molar-refractivity contribution is 0.497. The Morgan fingerprint density at radius 2 is 1.90 bits per heavy atom. The first-order valence-corrected chi connectivity index (χ1v) is 7.76. The van der Waals surface area contributed by atoms with Gasteiger partial charge in [-0.25, -0.2) is 0 Å². The van der Waals surface area contributed by atoms with E-state index < -0.39 is 0 Å². The molecular weight excluding hydrogens is 312 g/mol. The van der Waals surface area contributed by atoms with Gasteiger partial charge in [0.1, 0.15) is 0 Å². The van der Waals surface area contributed by atoms with Gasteiger partial charge in [0.2, 0.25) is 0 Å². The van der Waals surface area contributed by atoms with Gasteiger partial charge in [0, 0.05) is 10.5 Å². The van der Waals surface area contributed by atoms with E-state index in [1.54, 1.807) is 0 Å². The van der Waals surface area contributed by atoms with Crippen LogP contribution in [0.5, 0.6) is 0 Å². The lowest BCUT2D eigenvalue weighted by Crippen LogP contribution is -2.28. The number of hydrogen-bond donors (Lipinski definition) is 2. The molecule has 20 heavy (non-hydrogen) atoms. The van der Waals surface area contributed by atoms with Gasteiger partial charge in [-0.15, -0.1) is 0 Å². The molecule has 0 fully saturated rings. The van der Waals surface area contributed by atoms with Crippen molar-refractivity contribution in [2.24, 2.45) is 5.84 Å². The Labute approximate surface area is 129 Å². The maximum absolute atomic E-state index is 5.72. The first-order valence-electron chi connectivity index (χ1n) is 6.97. The van der Waals surface area contributed by atoms with Crippen molar-refractivity contribution in [1.29, 1.82) is 0 Å². The number of hydrazine groups is 1. The third-order valence-corrected chi connectivity index (χ3v) is 4.22. The van der Waals surface area contributed by atoms with E-state index >= 15 is 0 Å². The number of nitrogens with two attached hydrogens (primary N) is 1. The highest BCUT2D eigenvalue weighted by Gasteiger charge is 2.12. The molecule has 1 atom stereocenters. The largest absolute Gasteiger partial charge is 0.271 e. The van der Waals surface area contributed by atoms with Crippen LogP contribution in [-0.2, 0) is 6.42 Å². The topological polar surface area (TPSA) is 38.0 Å². The normalized spacial score (nSPS) is 12.3. The zero-order valence-electron chi connectivity index (χ0n) is 11.8. The molecule has 3 N–H and O–H groups in total. The van der Waals surface area contributed by atoms with Crippen LogP contribution in [0.2, 0.25) is 0 Å². The fourth-order valence-corrected chi connectivity index (χ4v) is 3.17. The molecule has 0 aliphatic carbocycles. The number of benzene rings is 2. The van der Waals surface area contributed by atoms with Crippen molar-refractivity contribution in [1.82, 2.24) is 5.43 Å². The van der Waals surface area contributed by atoms with E-state index in [1.165, 1.54) is 16.7 Å². The van der Waals surface area contributed by atoms with E-state index in [2.05, 4.69) is 76.8 Å². The highest BCUT2D eigenvalue weighted by Crippen LogP contribution is 2.27. The first-order chi connectivity index (χ1) is 9.70. The number of aryl methyl sites for hydroxylation is 2. The fraction of sp³-hybridized carbons (Fsp3) is 0.294. The monoisotopic (exact) mass is 332 g/mol. The molecule has 0 aliphatic rings. The Hall–Kier alpha value is -1.16. The number of nitrogens with one attached hydrogen (secondary N) is 1. The Balaban J connectivity index is 1.95. The molecule has 3 heteroatoms. The van der Waals surface area contributed by atoms with Crippen LogP contribution in [-0.4, -0.2) is 0 Å². The molecule has 0 saturated carbocycles. The summed E-state index contributed by atoms with van der Waals surface area (Å²) in [4.78, 5) is 0. The molecule has 1 unspecified atom stereocenters. The molecule has 106 valence electrons. The molecular formula is C17H21BrN2. The van der Waals surface area contributed by atoms with Gasteiger partial charge in [0.25, 0.3) is 0 Å². The molecule has 0 radical (unpaired) electrons. The van der Waals surface area contributed by atoms with Gasteiger partial charge >= 0.3 is 0 Å². The zero-order chi connectivity index (χ0) is 14.4. The zero-order valence-corrected chi connectivity index (χ0v) is 13.4. The van der Waals surface area contributed by atoms with Crippen molar-refractivity contribution in [3.05, 3.63) is 69.7 Å². The summed E-state index contributed by atoms with van der Waals surface area (Å²) in [6.45, 7) is 2.09. The summed E-state index contributed by atoms with van der Waals surface area (Å²) in [5.41, 5.74) is 6.79. The van der Waals surface area contributed by atoms with Crippen molar-refractivity contribution in [3.8, 4) is 0 Å². The van der Waals surface area contributed by atoms with Crippen LogP contribution in [0.25, 0.3) is 0 Å². The van der Waals surface area contributed by atoms with E-state index in [0.717, 1.165) is 23.7 Å². The Kier molecular flexibility index (Phi) is 5.77. The van der Waals surface area contributed by atoms with Crippen LogP contribution < -0.4 is 11.3 Å².